The van der Waals surface area contributed by atoms with Gasteiger partial charge in [0, 0.05) is 12.6 Å². The number of nitrogens with two attached hydrogens (primary N) is 1. The number of hydrogen-bond donors (Lipinski definition) is 2. The summed E-state index contributed by atoms with van der Waals surface area (Å²) in [6, 6.07) is 0.562. The maximum atomic E-state index is 5.87. The van der Waals surface area contributed by atoms with Crippen LogP contribution < -0.4 is 11.1 Å². The van der Waals surface area contributed by atoms with Crippen LogP contribution in [0, 0.1) is 5.41 Å². The number of hydrogen-bond acceptors (Lipinski definition) is 1. The van der Waals surface area contributed by atoms with E-state index in [2.05, 4.69) is 31.1 Å². The third kappa shape index (κ3) is 5.99. The summed E-state index contributed by atoms with van der Waals surface area (Å²) in [7, 11) is 0. The highest BCUT2D eigenvalue weighted by Crippen LogP contribution is 2.18. The minimum Gasteiger partial charge on any atom is -0.370 e. The summed E-state index contributed by atoms with van der Waals surface area (Å²) in [5.41, 5.74) is 6.21. The molecule has 0 atom stereocenters. The molecule has 1 rings (SSSR count). The van der Waals surface area contributed by atoms with Crippen molar-refractivity contribution in [2.24, 2.45) is 16.1 Å². The number of rotatable bonds is 3. The van der Waals surface area contributed by atoms with Crippen molar-refractivity contribution in [2.45, 2.75) is 65.3 Å². The molecule has 3 nitrogen and oxygen atoms in total. The molecule has 3 N–H and O–H groups in total. The predicted molar refractivity (Wildman–Crippen MR) is 70.6 cm³/mol. The maximum absolute atomic E-state index is 5.87. The van der Waals surface area contributed by atoms with Crippen LogP contribution in [-0.2, 0) is 0 Å². The summed E-state index contributed by atoms with van der Waals surface area (Å²) in [6.45, 7) is 7.52. The van der Waals surface area contributed by atoms with Gasteiger partial charge in [0.1, 0.15) is 0 Å². The van der Waals surface area contributed by atoms with E-state index in [1.807, 2.05) is 0 Å². The van der Waals surface area contributed by atoms with E-state index in [-0.39, 0.29) is 0 Å². The van der Waals surface area contributed by atoms with Crippen LogP contribution in [0.4, 0.5) is 0 Å². The molecule has 1 saturated carbocycles. The second kappa shape index (κ2) is 6.12. The van der Waals surface area contributed by atoms with E-state index in [1.54, 1.807) is 0 Å². The van der Waals surface area contributed by atoms with Gasteiger partial charge in [-0.25, -0.2) is 0 Å². The number of nitrogens with one attached hydrogen (secondary N) is 1. The lowest BCUT2D eigenvalue weighted by Crippen LogP contribution is -2.41. The Morgan fingerprint density at radius 2 is 1.88 bits per heavy atom. The molecule has 0 aromatic carbocycles. The van der Waals surface area contributed by atoms with Crippen molar-refractivity contribution in [3.05, 3.63) is 0 Å². The van der Waals surface area contributed by atoms with Crippen molar-refractivity contribution in [1.29, 1.82) is 0 Å². The molecule has 0 unspecified atom stereocenters. The molecule has 1 aliphatic carbocycles. The largest absolute Gasteiger partial charge is 0.370 e. The summed E-state index contributed by atoms with van der Waals surface area (Å²) >= 11 is 0. The van der Waals surface area contributed by atoms with E-state index in [1.165, 1.54) is 32.1 Å². The van der Waals surface area contributed by atoms with E-state index >= 15 is 0 Å². The van der Waals surface area contributed by atoms with E-state index in [4.69, 9.17) is 5.73 Å². The fourth-order valence-electron chi connectivity index (χ4n) is 2.01. The van der Waals surface area contributed by atoms with E-state index < -0.39 is 0 Å². The Labute approximate surface area is 99.9 Å². The average molecular weight is 225 g/mol. The first-order valence-corrected chi connectivity index (χ1v) is 6.54. The van der Waals surface area contributed by atoms with Gasteiger partial charge in [-0.05, 0) is 24.7 Å². The summed E-state index contributed by atoms with van der Waals surface area (Å²) in [4.78, 5) is 4.39. The molecule has 0 radical (unpaired) electrons. The molecule has 0 heterocycles. The molecular formula is C13H27N3. The molecule has 16 heavy (non-hydrogen) atoms. The Hall–Kier alpha value is -0.730. The second-order valence-corrected chi connectivity index (χ2v) is 6.06. The van der Waals surface area contributed by atoms with Gasteiger partial charge in [-0.2, -0.15) is 0 Å². The van der Waals surface area contributed by atoms with Crippen molar-refractivity contribution < 1.29 is 0 Å². The summed E-state index contributed by atoms with van der Waals surface area (Å²) < 4.78 is 0. The zero-order chi connectivity index (χ0) is 12.0. The molecule has 1 aliphatic rings. The molecule has 1 fully saturated rings. The normalized spacial score (nSPS) is 19.8. The van der Waals surface area contributed by atoms with Gasteiger partial charge in [-0.1, -0.05) is 40.0 Å². The lowest BCUT2D eigenvalue weighted by atomic mass is 9.92. The topological polar surface area (TPSA) is 50.4 Å². The Morgan fingerprint density at radius 3 is 2.44 bits per heavy atom. The average Bonchev–Trinajstić information content (AvgIpc) is 2.17. The fraction of sp³-hybridized carbons (Fsp3) is 0.923. The molecule has 0 amide bonds. The van der Waals surface area contributed by atoms with Crippen molar-refractivity contribution in [2.75, 3.05) is 6.54 Å². The molecule has 94 valence electrons. The molecule has 0 spiro atoms. The zero-order valence-electron chi connectivity index (χ0n) is 11.1. The van der Waals surface area contributed by atoms with Gasteiger partial charge >= 0.3 is 0 Å². The van der Waals surface area contributed by atoms with Crippen molar-refractivity contribution in [1.82, 2.24) is 5.32 Å². The molecule has 0 aliphatic heterocycles. The van der Waals surface area contributed by atoms with E-state index in [0.29, 0.717) is 17.4 Å². The van der Waals surface area contributed by atoms with Gasteiger partial charge in [0.15, 0.2) is 5.96 Å². The van der Waals surface area contributed by atoms with Gasteiger partial charge in [0.05, 0.1) is 0 Å². The zero-order valence-corrected chi connectivity index (χ0v) is 11.1. The predicted octanol–water partition coefficient (Wildman–Crippen LogP) is 2.66. The monoisotopic (exact) mass is 225 g/mol. The summed E-state index contributed by atoms with van der Waals surface area (Å²) in [5.74, 6) is 0.635. The molecule has 0 bridgehead atoms. The Bertz CT molecular complexity index is 222. The Morgan fingerprint density at radius 1 is 1.25 bits per heavy atom. The molecule has 0 saturated heterocycles. The van der Waals surface area contributed by atoms with Crippen LogP contribution in [-0.4, -0.2) is 18.5 Å². The van der Waals surface area contributed by atoms with E-state index in [9.17, 15) is 0 Å². The van der Waals surface area contributed by atoms with Gasteiger partial charge in [-0.15, -0.1) is 0 Å². The van der Waals surface area contributed by atoms with Crippen molar-refractivity contribution >= 4 is 5.96 Å². The molecule has 0 aromatic heterocycles. The van der Waals surface area contributed by atoms with Crippen molar-refractivity contribution in [3.8, 4) is 0 Å². The van der Waals surface area contributed by atoms with Crippen LogP contribution in [0.5, 0.6) is 0 Å². The van der Waals surface area contributed by atoms with Crippen LogP contribution in [0.3, 0.4) is 0 Å². The minimum atomic E-state index is 0.342. The number of aliphatic imine (C=N–C) groups is 1. The number of nitrogens with zero attached hydrogens (tertiary/aromatic N) is 1. The van der Waals surface area contributed by atoms with Crippen LogP contribution in [0.2, 0.25) is 0 Å². The highest BCUT2D eigenvalue weighted by molar-refractivity contribution is 5.78. The van der Waals surface area contributed by atoms with E-state index in [0.717, 1.165) is 13.0 Å². The SMILES string of the molecule is CC(C)(C)CCN=C(N)NC1CCCCC1. The smallest absolute Gasteiger partial charge is 0.188 e. The Balaban J connectivity index is 2.22. The molecule has 0 aromatic rings. The van der Waals surface area contributed by atoms with Crippen LogP contribution in [0.25, 0.3) is 0 Å². The highest BCUT2D eigenvalue weighted by Gasteiger charge is 2.13. The van der Waals surface area contributed by atoms with Crippen LogP contribution >= 0.6 is 0 Å². The first-order chi connectivity index (χ1) is 7.47. The van der Waals surface area contributed by atoms with Crippen LogP contribution in [0.15, 0.2) is 4.99 Å². The third-order valence-corrected chi connectivity index (χ3v) is 3.10. The maximum Gasteiger partial charge on any atom is 0.188 e. The molecule has 3 heteroatoms. The number of guanidine groups is 1. The minimum absolute atomic E-state index is 0.342. The van der Waals surface area contributed by atoms with Gasteiger partial charge in [0.2, 0.25) is 0 Å². The van der Waals surface area contributed by atoms with Gasteiger partial charge in [-0.3, -0.25) is 4.99 Å². The quantitative estimate of drug-likeness (QED) is 0.573. The van der Waals surface area contributed by atoms with Gasteiger partial charge < -0.3 is 11.1 Å². The fourth-order valence-corrected chi connectivity index (χ4v) is 2.01. The standard InChI is InChI=1S/C13H27N3/c1-13(2,3)9-10-15-12(14)16-11-7-5-4-6-8-11/h11H,4-10H2,1-3H3,(H3,14,15,16). The second-order valence-electron chi connectivity index (χ2n) is 6.06. The lowest BCUT2D eigenvalue weighted by molar-refractivity contribution is 0.384. The lowest BCUT2D eigenvalue weighted by Gasteiger charge is -2.23. The summed E-state index contributed by atoms with van der Waals surface area (Å²) in [5, 5.41) is 3.33. The van der Waals surface area contributed by atoms with Crippen molar-refractivity contribution in [3.63, 3.8) is 0 Å². The third-order valence-electron chi connectivity index (χ3n) is 3.10. The summed E-state index contributed by atoms with van der Waals surface area (Å²) in [6.07, 6.45) is 7.60. The first kappa shape index (κ1) is 13.3. The highest BCUT2D eigenvalue weighted by atomic mass is 15.1. The van der Waals surface area contributed by atoms with Crippen LogP contribution in [0.1, 0.15) is 59.3 Å². The molecular weight excluding hydrogens is 198 g/mol. The van der Waals surface area contributed by atoms with Gasteiger partial charge in [0.25, 0.3) is 0 Å². The first-order valence-electron chi connectivity index (χ1n) is 6.54. The Kier molecular flexibility index (Phi) is 5.10.